The summed E-state index contributed by atoms with van der Waals surface area (Å²) in [5.74, 6) is 0. The Labute approximate surface area is 129 Å². The SMILES string of the molecule is CCn1c(C)cc(CNCC(C)(C)N2CCOCC2)c1C. The molecule has 0 unspecified atom stereocenters. The monoisotopic (exact) mass is 293 g/mol. The molecular weight excluding hydrogens is 262 g/mol. The highest BCUT2D eigenvalue weighted by Gasteiger charge is 2.27. The quantitative estimate of drug-likeness (QED) is 0.873. The lowest BCUT2D eigenvalue weighted by Gasteiger charge is -2.41. The summed E-state index contributed by atoms with van der Waals surface area (Å²) in [7, 11) is 0. The molecule has 1 aliphatic rings. The molecule has 1 aliphatic heterocycles. The van der Waals surface area contributed by atoms with Gasteiger partial charge in [-0.2, -0.15) is 0 Å². The second-order valence-corrected chi connectivity index (χ2v) is 6.66. The molecule has 1 saturated heterocycles. The van der Waals surface area contributed by atoms with Crippen LogP contribution >= 0.6 is 0 Å². The maximum atomic E-state index is 5.45. The molecule has 0 atom stereocenters. The van der Waals surface area contributed by atoms with E-state index in [4.69, 9.17) is 4.74 Å². The van der Waals surface area contributed by atoms with Crippen LogP contribution in [0.5, 0.6) is 0 Å². The van der Waals surface area contributed by atoms with Crippen molar-refractivity contribution in [2.75, 3.05) is 32.8 Å². The Bertz CT molecular complexity index is 459. The van der Waals surface area contributed by atoms with Crippen molar-refractivity contribution in [3.8, 4) is 0 Å². The Morgan fingerprint density at radius 1 is 1.24 bits per heavy atom. The van der Waals surface area contributed by atoms with Crippen molar-refractivity contribution in [1.29, 1.82) is 0 Å². The maximum absolute atomic E-state index is 5.45. The second kappa shape index (κ2) is 6.95. The van der Waals surface area contributed by atoms with Crippen molar-refractivity contribution in [2.45, 2.75) is 53.2 Å². The van der Waals surface area contributed by atoms with Crippen molar-refractivity contribution in [1.82, 2.24) is 14.8 Å². The Hall–Kier alpha value is -0.840. The van der Waals surface area contributed by atoms with Gasteiger partial charge in [0.25, 0.3) is 0 Å². The highest BCUT2D eigenvalue weighted by molar-refractivity contribution is 5.26. The first-order valence-electron chi connectivity index (χ1n) is 8.15. The molecule has 0 bridgehead atoms. The van der Waals surface area contributed by atoms with Crippen LogP contribution in [0, 0.1) is 13.8 Å². The summed E-state index contributed by atoms with van der Waals surface area (Å²) in [5, 5.41) is 3.65. The molecule has 21 heavy (non-hydrogen) atoms. The number of nitrogens with zero attached hydrogens (tertiary/aromatic N) is 2. The standard InChI is InChI=1S/C17H31N3O/c1-6-20-14(2)11-16(15(20)3)12-18-13-17(4,5)19-7-9-21-10-8-19/h11,18H,6-10,12-13H2,1-5H3. The number of aromatic nitrogens is 1. The number of hydrogen-bond donors (Lipinski definition) is 1. The predicted octanol–water partition coefficient (Wildman–Crippen LogP) is 2.33. The van der Waals surface area contributed by atoms with E-state index in [-0.39, 0.29) is 5.54 Å². The van der Waals surface area contributed by atoms with Crippen LogP contribution in [0.25, 0.3) is 0 Å². The average Bonchev–Trinajstić information content (AvgIpc) is 2.74. The fourth-order valence-corrected chi connectivity index (χ4v) is 3.32. The predicted molar refractivity (Wildman–Crippen MR) is 87.8 cm³/mol. The molecule has 1 fully saturated rings. The summed E-state index contributed by atoms with van der Waals surface area (Å²) in [6.45, 7) is 18.1. The summed E-state index contributed by atoms with van der Waals surface area (Å²) in [6.07, 6.45) is 0. The van der Waals surface area contributed by atoms with Gasteiger partial charge in [-0.1, -0.05) is 0 Å². The maximum Gasteiger partial charge on any atom is 0.0594 e. The molecule has 1 aromatic rings. The van der Waals surface area contributed by atoms with E-state index in [2.05, 4.69) is 55.5 Å². The zero-order chi connectivity index (χ0) is 15.5. The van der Waals surface area contributed by atoms with E-state index in [0.717, 1.165) is 45.9 Å². The Morgan fingerprint density at radius 2 is 1.90 bits per heavy atom. The van der Waals surface area contributed by atoms with Crippen molar-refractivity contribution < 1.29 is 4.74 Å². The van der Waals surface area contributed by atoms with Crippen LogP contribution in [-0.4, -0.2) is 47.9 Å². The van der Waals surface area contributed by atoms with Crippen LogP contribution in [-0.2, 0) is 17.8 Å². The summed E-state index contributed by atoms with van der Waals surface area (Å²) in [5.41, 5.74) is 4.36. The van der Waals surface area contributed by atoms with Crippen LogP contribution in [0.4, 0.5) is 0 Å². The summed E-state index contributed by atoms with van der Waals surface area (Å²) in [6, 6.07) is 2.31. The molecule has 0 spiro atoms. The average molecular weight is 293 g/mol. The molecule has 4 nitrogen and oxygen atoms in total. The van der Waals surface area contributed by atoms with E-state index in [1.807, 2.05) is 0 Å². The molecule has 120 valence electrons. The van der Waals surface area contributed by atoms with Gasteiger partial charge in [0.15, 0.2) is 0 Å². The summed E-state index contributed by atoms with van der Waals surface area (Å²) < 4.78 is 7.83. The van der Waals surface area contributed by atoms with Crippen LogP contribution < -0.4 is 5.32 Å². The lowest BCUT2D eigenvalue weighted by atomic mass is 10.0. The summed E-state index contributed by atoms with van der Waals surface area (Å²) in [4.78, 5) is 2.53. The van der Waals surface area contributed by atoms with Crippen molar-refractivity contribution in [3.05, 3.63) is 23.0 Å². The third-order valence-electron chi connectivity index (χ3n) is 4.73. The van der Waals surface area contributed by atoms with Gasteiger partial charge < -0.3 is 14.6 Å². The molecule has 0 radical (unpaired) electrons. The normalized spacial score (nSPS) is 17.4. The van der Waals surface area contributed by atoms with Gasteiger partial charge in [0.05, 0.1) is 13.2 Å². The van der Waals surface area contributed by atoms with Crippen LogP contribution in [0.15, 0.2) is 6.07 Å². The van der Waals surface area contributed by atoms with Gasteiger partial charge in [-0.25, -0.2) is 0 Å². The first-order chi connectivity index (χ1) is 9.95. The molecule has 1 aromatic heterocycles. The van der Waals surface area contributed by atoms with Gasteiger partial charge in [0.1, 0.15) is 0 Å². The van der Waals surface area contributed by atoms with E-state index < -0.39 is 0 Å². The lowest BCUT2D eigenvalue weighted by Crippen LogP contribution is -2.54. The number of morpholine rings is 1. The largest absolute Gasteiger partial charge is 0.379 e. The highest BCUT2D eigenvalue weighted by Crippen LogP contribution is 2.17. The van der Waals surface area contributed by atoms with Crippen LogP contribution in [0.1, 0.15) is 37.7 Å². The van der Waals surface area contributed by atoms with Gasteiger partial charge in [-0.05, 0) is 46.2 Å². The van der Waals surface area contributed by atoms with E-state index >= 15 is 0 Å². The number of hydrogen-bond acceptors (Lipinski definition) is 3. The molecule has 0 saturated carbocycles. The zero-order valence-corrected chi connectivity index (χ0v) is 14.3. The number of rotatable bonds is 6. The molecule has 0 aromatic carbocycles. The number of aryl methyl sites for hydroxylation is 1. The van der Waals surface area contributed by atoms with Crippen molar-refractivity contribution in [2.24, 2.45) is 0 Å². The smallest absolute Gasteiger partial charge is 0.0594 e. The lowest BCUT2D eigenvalue weighted by molar-refractivity contribution is -0.00967. The van der Waals surface area contributed by atoms with Gasteiger partial charge in [-0.15, -0.1) is 0 Å². The first kappa shape index (κ1) is 16.5. The molecule has 1 N–H and O–H groups in total. The van der Waals surface area contributed by atoms with E-state index in [1.165, 1.54) is 17.0 Å². The van der Waals surface area contributed by atoms with E-state index in [1.54, 1.807) is 0 Å². The fourth-order valence-electron chi connectivity index (χ4n) is 3.32. The van der Waals surface area contributed by atoms with Gasteiger partial charge in [-0.3, -0.25) is 4.90 Å². The first-order valence-corrected chi connectivity index (χ1v) is 8.15. The third kappa shape index (κ3) is 3.87. The second-order valence-electron chi connectivity index (χ2n) is 6.66. The minimum atomic E-state index is 0.181. The summed E-state index contributed by atoms with van der Waals surface area (Å²) >= 11 is 0. The minimum Gasteiger partial charge on any atom is -0.379 e. The topological polar surface area (TPSA) is 29.4 Å². The van der Waals surface area contributed by atoms with Gasteiger partial charge in [0.2, 0.25) is 0 Å². The molecule has 2 rings (SSSR count). The van der Waals surface area contributed by atoms with Crippen molar-refractivity contribution >= 4 is 0 Å². The van der Waals surface area contributed by atoms with Crippen LogP contribution in [0.2, 0.25) is 0 Å². The molecule has 4 heteroatoms. The van der Waals surface area contributed by atoms with Gasteiger partial charge >= 0.3 is 0 Å². The Morgan fingerprint density at radius 3 is 2.48 bits per heavy atom. The molecule has 0 amide bonds. The number of nitrogens with one attached hydrogen (secondary N) is 1. The third-order valence-corrected chi connectivity index (χ3v) is 4.73. The fraction of sp³-hybridized carbons (Fsp3) is 0.765. The highest BCUT2D eigenvalue weighted by atomic mass is 16.5. The molecule has 0 aliphatic carbocycles. The van der Waals surface area contributed by atoms with E-state index in [0.29, 0.717) is 0 Å². The number of ether oxygens (including phenoxy) is 1. The minimum absolute atomic E-state index is 0.181. The molecule has 2 heterocycles. The Kier molecular flexibility index (Phi) is 5.47. The van der Waals surface area contributed by atoms with E-state index in [9.17, 15) is 0 Å². The zero-order valence-electron chi connectivity index (χ0n) is 14.3. The van der Waals surface area contributed by atoms with Crippen LogP contribution in [0.3, 0.4) is 0 Å². The van der Waals surface area contributed by atoms with Gasteiger partial charge in [0, 0.05) is 49.7 Å². The molecular formula is C17H31N3O. The van der Waals surface area contributed by atoms with Crippen molar-refractivity contribution in [3.63, 3.8) is 0 Å². The Balaban J connectivity index is 1.88.